The Hall–Kier alpha value is -3.61. The van der Waals surface area contributed by atoms with E-state index in [0.29, 0.717) is 5.56 Å². The molecule has 7 nitrogen and oxygen atoms in total. The van der Waals surface area contributed by atoms with E-state index in [0.717, 1.165) is 0 Å². The zero-order valence-electron chi connectivity index (χ0n) is 12.9. The molecular weight excluding hydrogens is 328 g/mol. The van der Waals surface area contributed by atoms with Gasteiger partial charge < -0.3 is 9.47 Å². The molecule has 0 saturated heterocycles. The fourth-order valence-electron chi connectivity index (χ4n) is 2.48. The predicted octanol–water partition coefficient (Wildman–Crippen LogP) is 1.85. The van der Waals surface area contributed by atoms with Gasteiger partial charge in [0.1, 0.15) is 0 Å². The highest BCUT2D eigenvalue weighted by molar-refractivity contribution is 6.17. The van der Waals surface area contributed by atoms with Crippen molar-refractivity contribution in [3.8, 4) is 0 Å². The van der Waals surface area contributed by atoms with Crippen molar-refractivity contribution in [1.29, 1.82) is 0 Å². The number of carbonyl (C=O) groups is 5. The Morgan fingerprint density at radius 3 is 2.32 bits per heavy atom. The Morgan fingerprint density at radius 2 is 1.60 bits per heavy atom. The summed E-state index contributed by atoms with van der Waals surface area (Å²) in [6.07, 6.45) is 0. The van der Waals surface area contributed by atoms with Crippen molar-refractivity contribution in [2.45, 2.75) is 6.92 Å². The van der Waals surface area contributed by atoms with Gasteiger partial charge in [0.2, 0.25) is 0 Å². The van der Waals surface area contributed by atoms with Gasteiger partial charge in [-0.1, -0.05) is 18.2 Å². The van der Waals surface area contributed by atoms with Gasteiger partial charge in [-0.2, -0.15) is 0 Å². The summed E-state index contributed by atoms with van der Waals surface area (Å²) < 4.78 is 8.79. The molecule has 0 aliphatic carbocycles. The Bertz CT molecular complexity index is 956. The topological polar surface area (TPSA) is 104 Å². The highest BCUT2D eigenvalue weighted by Crippen LogP contribution is 2.23. The minimum Gasteiger partial charge on any atom is -0.392 e. The zero-order chi connectivity index (χ0) is 18.1. The van der Waals surface area contributed by atoms with E-state index in [1.165, 1.54) is 30.3 Å². The lowest BCUT2D eigenvalue weighted by atomic mass is 9.96. The first-order valence-corrected chi connectivity index (χ1v) is 7.13. The maximum atomic E-state index is 12.6. The first-order chi connectivity index (χ1) is 11.9. The van der Waals surface area contributed by atoms with Crippen LogP contribution in [0.15, 0.2) is 36.4 Å². The zero-order valence-corrected chi connectivity index (χ0v) is 12.9. The molecule has 2 aromatic carbocycles. The average molecular weight is 338 g/mol. The van der Waals surface area contributed by atoms with Crippen LogP contribution in [0, 0.1) is 6.92 Å². The van der Waals surface area contributed by atoms with E-state index in [1.807, 2.05) is 0 Å². The quantitative estimate of drug-likeness (QED) is 0.363. The molecule has 0 radical (unpaired) electrons. The summed E-state index contributed by atoms with van der Waals surface area (Å²) in [5.41, 5.74) is 1.05. The molecular formula is C18H10O7. The lowest BCUT2D eigenvalue weighted by Gasteiger charge is -2.07. The van der Waals surface area contributed by atoms with Crippen molar-refractivity contribution >= 4 is 30.2 Å². The van der Waals surface area contributed by atoms with Crippen LogP contribution in [-0.2, 0) is 14.3 Å². The maximum Gasteiger partial charge on any atom is 0.346 e. The van der Waals surface area contributed by atoms with Crippen LogP contribution in [-0.4, -0.2) is 30.2 Å². The van der Waals surface area contributed by atoms with E-state index in [1.54, 1.807) is 13.0 Å². The minimum absolute atomic E-state index is 0.0133. The molecule has 25 heavy (non-hydrogen) atoms. The fourth-order valence-corrected chi connectivity index (χ4v) is 2.48. The first kappa shape index (κ1) is 16.3. The fraction of sp³-hybridized carbons (Fsp3) is 0.0556. The number of ketones is 1. The minimum atomic E-state index is -0.870. The van der Waals surface area contributed by atoms with Gasteiger partial charge in [0.05, 0.1) is 16.7 Å². The molecule has 3 rings (SSSR count). The number of hydrogen-bond acceptors (Lipinski definition) is 7. The molecule has 0 spiro atoms. The second kappa shape index (κ2) is 6.12. The number of benzene rings is 2. The Morgan fingerprint density at radius 1 is 0.960 bits per heavy atom. The normalized spacial score (nSPS) is 12.4. The van der Waals surface area contributed by atoms with Crippen molar-refractivity contribution in [2.75, 3.05) is 0 Å². The van der Waals surface area contributed by atoms with E-state index in [-0.39, 0.29) is 34.3 Å². The third-order valence-electron chi connectivity index (χ3n) is 3.78. The second-order valence-electron chi connectivity index (χ2n) is 5.30. The molecule has 124 valence electrons. The predicted molar refractivity (Wildman–Crippen MR) is 82.3 cm³/mol. The number of rotatable bonds is 4. The third kappa shape index (κ3) is 2.83. The SMILES string of the molecule is Cc1ccc(C(=O)c2ccc3c(c2)C(=O)OC3=O)cc1C(=O)OC=O. The number of ether oxygens (including phenoxy) is 2. The summed E-state index contributed by atoms with van der Waals surface area (Å²) in [4.78, 5) is 57.7. The first-order valence-electron chi connectivity index (χ1n) is 7.13. The third-order valence-corrected chi connectivity index (χ3v) is 3.78. The molecule has 7 heteroatoms. The molecule has 0 N–H and O–H groups in total. The molecule has 0 atom stereocenters. The number of carbonyl (C=O) groups excluding carboxylic acids is 5. The van der Waals surface area contributed by atoms with Gasteiger partial charge in [0.25, 0.3) is 0 Å². The standard InChI is InChI=1S/C18H10O7/c1-9-2-3-10(6-13(9)16(21)24-8-19)15(20)11-4-5-12-14(7-11)18(23)25-17(12)22/h2-8H,1H3. The maximum absolute atomic E-state index is 12.6. The molecule has 0 aromatic heterocycles. The highest BCUT2D eigenvalue weighted by Gasteiger charge is 2.30. The summed E-state index contributed by atoms with van der Waals surface area (Å²) in [6, 6.07) is 8.36. The summed E-state index contributed by atoms with van der Waals surface area (Å²) >= 11 is 0. The molecule has 1 heterocycles. The van der Waals surface area contributed by atoms with E-state index in [4.69, 9.17) is 0 Å². The van der Waals surface area contributed by atoms with Crippen LogP contribution in [0.1, 0.15) is 52.6 Å². The molecule has 1 aliphatic rings. The molecule has 0 fully saturated rings. The smallest absolute Gasteiger partial charge is 0.346 e. The molecule has 0 amide bonds. The highest BCUT2D eigenvalue weighted by atomic mass is 16.6. The van der Waals surface area contributed by atoms with Crippen molar-refractivity contribution < 1.29 is 33.4 Å². The summed E-state index contributed by atoms with van der Waals surface area (Å²) in [7, 11) is 0. The average Bonchev–Trinajstić information content (AvgIpc) is 2.88. The van der Waals surface area contributed by atoms with Crippen LogP contribution < -0.4 is 0 Å². The summed E-state index contributed by atoms with van der Waals surface area (Å²) in [6.45, 7) is 1.64. The van der Waals surface area contributed by atoms with Crippen molar-refractivity contribution in [3.05, 3.63) is 69.8 Å². The van der Waals surface area contributed by atoms with Crippen LogP contribution in [0.2, 0.25) is 0 Å². The number of aryl methyl sites for hydroxylation is 1. The van der Waals surface area contributed by atoms with Crippen molar-refractivity contribution in [1.82, 2.24) is 0 Å². The van der Waals surface area contributed by atoms with Gasteiger partial charge in [-0.15, -0.1) is 0 Å². The van der Waals surface area contributed by atoms with Crippen LogP contribution in [0.3, 0.4) is 0 Å². The summed E-state index contributed by atoms with van der Waals surface area (Å²) in [5, 5.41) is 0. The van der Waals surface area contributed by atoms with Gasteiger partial charge in [-0.3, -0.25) is 9.59 Å². The van der Waals surface area contributed by atoms with E-state index in [9.17, 15) is 24.0 Å². The van der Waals surface area contributed by atoms with Crippen LogP contribution in [0.25, 0.3) is 0 Å². The Balaban J connectivity index is 1.99. The number of cyclic esters (lactones) is 2. The van der Waals surface area contributed by atoms with Gasteiger partial charge in [0, 0.05) is 11.1 Å². The summed E-state index contributed by atoms with van der Waals surface area (Å²) in [5.74, 6) is -2.90. The van der Waals surface area contributed by atoms with Crippen LogP contribution >= 0.6 is 0 Å². The largest absolute Gasteiger partial charge is 0.392 e. The van der Waals surface area contributed by atoms with E-state index < -0.39 is 23.7 Å². The van der Waals surface area contributed by atoms with Crippen LogP contribution in [0.4, 0.5) is 0 Å². The van der Waals surface area contributed by atoms with Crippen molar-refractivity contribution in [3.63, 3.8) is 0 Å². The lowest BCUT2D eigenvalue weighted by Crippen LogP contribution is -2.09. The number of fused-ring (bicyclic) bond motifs is 1. The van der Waals surface area contributed by atoms with Gasteiger partial charge in [-0.25, -0.2) is 14.4 Å². The Kier molecular flexibility index (Phi) is 3.98. The second-order valence-corrected chi connectivity index (χ2v) is 5.30. The molecule has 0 saturated carbocycles. The van der Waals surface area contributed by atoms with Gasteiger partial charge >= 0.3 is 24.4 Å². The number of hydrogen-bond donors (Lipinski definition) is 0. The number of esters is 3. The van der Waals surface area contributed by atoms with Crippen molar-refractivity contribution in [2.24, 2.45) is 0 Å². The van der Waals surface area contributed by atoms with Crippen LogP contribution in [0.5, 0.6) is 0 Å². The van der Waals surface area contributed by atoms with Gasteiger partial charge in [-0.05, 0) is 30.7 Å². The van der Waals surface area contributed by atoms with E-state index >= 15 is 0 Å². The molecule has 2 aromatic rings. The monoisotopic (exact) mass is 338 g/mol. The lowest BCUT2D eigenvalue weighted by molar-refractivity contribution is -0.123. The Labute approximate surface area is 141 Å². The molecule has 0 unspecified atom stereocenters. The molecule has 1 aliphatic heterocycles. The van der Waals surface area contributed by atoms with E-state index in [2.05, 4.69) is 9.47 Å². The van der Waals surface area contributed by atoms with Gasteiger partial charge in [0.15, 0.2) is 5.78 Å². The molecule has 0 bridgehead atoms.